The fourth-order valence-electron chi connectivity index (χ4n) is 4.46. The van der Waals surface area contributed by atoms with Gasteiger partial charge in [-0.05, 0) is 73.4 Å². The number of halogens is 1. The Morgan fingerprint density at radius 1 is 1.20 bits per heavy atom. The summed E-state index contributed by atoms with van der Waals surface area (Å²) in [5, 5.41) is 2.82. The van der Waals surface area contributed by atoms with Gasteiger partial charge < -0.3 is 9.88 Å². The number of rotatable bonds is 8. The molecule has 1 N–H and O–H groups in total. The van der Waals surface area contributed by atoms with Crippen molar-refractivity contribution < 1.29 is 9.18 Å². The maximum Gasteiger partial charge on any atom is 0.244 e. The first-order valence-corrected chi connectivity index (χ1v) is 12.1. The summed E-state index contributed by atoms with van der Waals surface area (Å²) in [6.07, 6.45) is 19.9. The summed E-state index contributed by atoms with van der Waals surface area (Å²) < 4.78 is 15.2. The molecule has 0 bridgehead atoms. The lowest BCUT2D eigenvalue weighted by molar-refractivity contribution is -0.116. The molecule has 0 spiro atoms. The Morgan fingerprint density at radius 3 is 2.63 bits per heavy atom. The highest BCUT2D eigenvalue weighted by molar-refractivity contribution is 5.88. The molecule has 0 aliphatic heterocycles. The maximum absolute atomic E-state index is 13.0. The summed E-state index contributed by atoms with van der Waals surface area (Å²) in [5.74, 6) is -0.460. The Hall–Kier alpha value is -3.47. The van der Waals surface area contributed by atoms with E-state index in [1.165, 1.54) is 23.3 Å². The molecule has 3 rings (SSSR count). The normalized spacial score (nSPS) is 19.1. The largest absolute Gasteiger partial charge is 0.348 e. The molecule has 1 amide bonds. The Balaban J connectivity index is 1.60. The van der Waals surface area contributed by atoms with Gasteiger partial charge in [0.25, 0.3) is 0 Å². The number of imidazole rings is 1. The van der Waals surface area contributed by atoms with Crippen LogP contribution in [0.3, 0.4) is 0 Å². The standard InChI is InChI=1S/C30H36FN3O/c1-22(7-6-8-23(2)19-29(35)33-20-25-10-12-26(31)13-11-25)9-14-27-24(3)28(15-16-30(27,4)5)34-18-17-32-21-34/h6-14,17-19,21,28H,15-16,20H2,1-5H3,(H,33,35)/b8-6+,14-9+,22-7+,23-19-. The van der Waals surface area contributed by atoms with Crippen molar-refractivity contribution in [2.75, 3.05) is 0 Å². The number of nitrogens with zero attached hydrogens (tertiary/aromatic N) is 2. The molecule has 1 aliphatic carbocycles. The zero-order chi connectivity index (χ0) is 25.4. The van der Waals surface area contributed by atoms with E-state index in [2.05, 4.69) is 54.7 Å². The second-order valence-corrected chi connectivity index (χ2v) is 9.88. The Morgan fingerprint density at radius 2 is 1.94 bits per heavy atom. The molecule has 1 atom stereocenters. The summed E-state index contributed by atoms with van der Waals surface area (Å²) in [4.78, 5) is 16.4. The van der Waals surface area contributed by atoms with Crippen LogP contribution in [0.1, 0.15) is 59.1 Å². The zero-order valence-corrected chi connectivity index (χ0v) is 21.4. The average molecular weight is 474 g/mol. The quantitative estimate of drug-likeness (QED) is 0.331. The van der Waals surface area contributed by atoms with Crippen molar-refractivity contribution in [2.45, 2.75) is 60.0 Å². The second-order valence-electron chi connectivity index (χ2n) is 9.88. The van der Waals surface area contributed by atoms with E-state index in [4.69, 9.17) is 0 Å². The molecule has 1 aromatic heterocycles. The van der Waals surface area contributed by atoms with Crippen molar-refractivity contribution in [3.8, 4) is 0 Å². The lowest BCUT2D eigenvalue weighted by Crippen LogP contribution is -2.25. The van der Waals surface area contributed by atoms with Crippen molar-refractivity contribution in [1.29, 1.82) is 0 Å². The Bertz CT molecular complexity index is 1160. The van der Waals surface area contributed by atoms with Crippen LogP contribution in [0.4, 0.5) is 4.39 Å². The third kappa shape index (κ3) is 7.51. The maximum atomic E-state index is 13.0. The van der Waals surface area contributed by atoms with Gasteiger partial charge >= 0.3 is 0 Å². The molecule has 1 unspecified atom stereocenters. The van der Waals surface area contributed by atoms with Crippen LogP contribution in [0.25, 0.3) is 0 Å². The molecule has 0 fully saturated rings. The highest BCUT2D eigenvalue weighted by Gasteiger charge is 2.32. The summed E-state index contributed by atoms with van der Waals surface area (Å²) in [5.41, 5.74) is 5.75. The minimum atomic E-state index is -0.285. The molecule has 0 radical (unpaired) electrons. The lowest BCUT2D eigenvalue weighted by Gasteiger charge is -2.37. The van der Waals surface area contributed by atoms with Gasteiger partial charge in [0, 0.05) is 25.0 Å². The number of hydrogen-bond acceptors (Lipinski definition) is 2. The SMILES string of the molecule is CC1=C(/C=C/C(C)=C/C=C/C(C)=C\C(=O)NCc2ccc(F)cc2)C(C)(C)CCC1n1ccnc1. The van der Waals surface area contributed by atoms with Crippen molar-refractivity contribution in [3.63, 3.8) is 0 Å². The third-order valence-electron chi connectivity index (χ3n) is 6.55. The molecule has 4 nitrogen and oxygen atoms in total. The van der Waals surface area contributed by atoms with Gasteiger partial charge in [0.1, 0.15) is 5.82 Å². The first kappa shape index (κ1) is 26.1. The molecule has 1 heterocycles. The van der Waals surface area contributed by atoms with Crippen LogP contribution in [0.2, 0.25) is 0 Å². The fraction of sp³-hybridized carbons (Fsp3) is 0.333. The van der Waals surface area contributed by atoms with Gasteiger partial charge in [0.15, 0.2) is 0 Å². The molecule has 2 aromatic rings. The predicted octanol–water partition coefficient (Wildman–Crippen LogP) is 7.02. The molecule has 0 saturated carbocycles. The van der Waals surface area contributed by atoms with E-state index in [1.807, 2.05) is 43.9 Å². The minimum absolute atomic E-state index is 0.133. The summed E-state index contributed by atoms with van der Waals surface area (Å²) in [6, 6.07) is 6.46. The number of benzene rings is 1. The summed E-state index contributed by atoms with van der Waals surface area (Å²) in [7, 11) is 0. The average Bonchev–Trinajstić information content (AvgIpc) is 3.33. The van der Waals surface area contributed by atoms with Crippen molar-refractivity contribution >= 4 is 5.91 Å². The van der Waals surface area contributed by atoms with E-state index in [1.54, 1.807) is 18.2 Å². The number of amides is 1. The number of aromatic nitrogens is 2. The number of carbonyl (C=O) groups excluding carboxylic acids is 1. The van der Waals surface area contributed by atoms with Gasteiger partial charge in [-0.25, -0.2) is 9.37 Å². The highest BCUT2D eigenvalue weighted by Crippen LogP contribution is 2.45. The van der Waals surface area contributed by atoms with Gasteiger partial charge in [-0.15, -0.1) is 0 Å². The first-order chi connectivity index (χ1) is 16.7. The number of carbonyl (C=O) groups is 1. The Kier molecular flexibility index (Phi) is 8.80. The van der Waals surface area contributed by atoms with Crippen LogP contribution in [0, 0.1) is 11.2 Å². The van der Waals surface area contributed by atoms with Crippen molar-refractivity contribution in [1.82, 2.24) is 14.9 Å². The van der Waals surface area contributed by atoms with Gasteiger partial charge in [0.2, 0.25) is 5.91 Å². The smallest absolute Gasteiger partial charge is 0.244 e. The van der Waals surface area contributed by atoms with E-state index < -0.39 is 0 Å². The van der Waals surface area contributed by atoms with Crippen LogP contribution >= 0.6 is 0 Å². The second kappa shape index (κ2) is 11.8. The minimum Gasteiger partial charge on any atom is -0.348 e. The van der Waals surface area contributed by atoms with Gasteiger partial charge in [0.05, 0.1) is 12.4 Å². The van der Waals surface area contributed by atoms with E-state index in [0.29, 0.717) is 12.6 Å². The molecule has 5 heteroatoms. The van der Waals surface area contributed by atoms with Crippen molar-refractivity contribution in [3.05, 3.63) is 113 Å². The van der Waals surface area contributed by atoms with E-state index in [9.17, 15) is 9.18 Å². The molecule has 1 aromatic carbocycles. The molecular formula is C30H36FN3O. The molecular weight excluding hydrogens is 437 g/mol. The van der Waals surface area contributed by atoms with Crippen LogP contribution < -0.4 is 5.32 Å². The van der Waals surface area contributed by atoms with Gasteiger partial charge in [-0.2, -0.15) is 0 Å². The van der Waals surface area contributed by atoms with E-state index in [-0.39, 0.29) is 17.1 Å². The number of allylic oxidation sites excluding steroid dienone is 9. The van der Waals surface area contributed by atoms with E-state index >= 15 is 0 Å². The molecule has 184 valence electrons. The van der Waals surface area contributed by atoms with Crippen LogP contribution in [0.5, 0.6) is 0 Å². The topological polar surface area (TPSA) is 46.9 Å². The number of nitrogens with one attached hydrogen (secondary N) is 1. The summed E-state index contributed by atoms with van der Waals surface area (Å²) in [6.45, 7) is 11.2. The highest BCUT2D eigenvalue weighted by atomic mass is 19.1. The van der Waals surface area contributed by atoms with E-state index in [0.717, 1.165) is 29.6 Å². The summed E-state index contributed by atoms with van der Waals surface area (Å²) >= 11 is 0. The van der Waals surface area contributed by atoms with Gasteiger partial charge in [-0.3, -0.25) is 4.79 Å². The molecule has 1 aliphatic rings. The van der Waals surface area contributed by atoms with Crippen LogP contribution in [0.15, 0.2) is 102 Å². The fourth-order valence-corrected chi connectivity index (χ4v) is 4.46. The predicted molar refractivity (Wildman–Crippen MR) is 141 cm³/mol. The zero-order valence-electron chi connectivity index (χ0n) is 21.4. The third-order valence-corrected chi connectivity index (χ3v) is 6.55. The number of hydrogen-bond donors (Lipinski definition) is 1. The lowest BCUT2D eigenvalue weighted by atomic mass is 9.71. The first-order valence-electron chi connectivity index (χ1n) is 12.1. The monoisotopic (exact) mass is 473 g/mol. The van der Waals surface area contributed by atoms with Gasteiger partial charge in [-0.1, -0.05) is 61.9 Å². The van der Waals surface area contributed by atoms with Crippen LogP contribution in [-0.4, -0.2) is 15.5 Å². The van der Waals surface area contributed by atoms with Crippen molar-refractivity contribution in [2.24, 2.45) is 5.41 Å². The Labute approximate surface area is 208 Å². The molecule has 0 saturated heterocycles. The molecule has 35 heavy (non-hydrogen) atoms. The van der Waals surface area contributed by atoms with Crippen LogP contribution in [-0.2, 0) is 11.3 Å².